The monoisotopic (exact) mass is 322 g/mol. The molecule has 4 heteroatoms. The van der Waals surface area contributed by atoms with E-state index in [4.69, 9.17) is 0 Å². The van der Waals surface area contributed by atoms with Crippen molar-refractivity contribution in [3.63, 3.8) is 0 Å². The lowest BCUT2D eigenvalue weighted by molar-refractivity contribution is -0.117. The lowest BCUT2D eigenvalue weighted by Gasteiger charge is -2.17. The molecule has 1 fully saturated rings. The summed E-state index contributed by atoms with van der Waals surface area (Å²) >= 11 is 0. The number of anilines is 1. The molecule has 1 aliphatic carbocycles. The van der Waals surface area contributed by atoms with Crippen LogP contribution >= 0.6 is 0 Å². The molecule has 1 aliphatic rings. The van der Waals surface area contributed by atoms with Crippen molar-refractivity contribution < 1.29 is 9.59 Å². The molecule has 2 aromatic rings. The van der Waals surface area contributed by atoms with Crippen molar-refractivity contribution in [3.8, 4) is 0 Å². The van der Waals surface area contributed by atoms with Crippen molar-refractivity contribution in [2.75, 3.05) is 5.32 Å². The number of aromatic nitrogens is 1. The Morgan fingerprint density at radius 1 is 1.08 bits per heavy atom. The molecule has 1 aromatic carbocycles. The maximum absolute atomic E-state index is 12.8. The Morgan fingerprint density at radius 2 is 1.79 bits per heavy atom. The lowest BCUT2D eigenvalue weighted by atomic mass is 9.88. The minimum Gasteiger partial charge on any atom is -0.310 e. The topological polar surface area (TPSA) is 59.1 Å². The minimum atomic E-state index is -0.409. The van der Waals surface area contributed by atoms with E-state index in [9.17, 15) is 9.59 Å². The van der Waals surface area contributed by atoms with Crippen LogP contribution in [0.3, 0.4) is 0 Å². The van der Waals surface area contributed by atoms with Crippen molar-refractivity contribution in [3.05, 3.63) is 59.8 Å². The number of amides is 1. The number of Topliss-reactive ketones (excluding diaryl/α,β-unsaturated/α-hetero) is 1. The molecule has 1 N–H and O–H groups in total. The van der Waals surface area contributed by atoms with E-state index < -0.39 is 5.92 Å². The van der Waals surface area contributed by atoms with Gasteiger partial charge in [0.25, 0.3) is 0 Å². The summed E-state index contributed by atoms with van der Waals surface area (Å²) in [4.78, 5) is 29.5. The van der Waals surface area contributed by atoms with Crippen LogP contribution in [0, 0.1) is 5.92 Å². The number of hydrogen-bond donors (Lipinski definition) is 1. The van der Waals surface area contributed by atoms with E-state index in [0.717, 1.165) is 31.2 Å². The first kappa shape index (κ1) is 16.4. The van der Waals surface area contributed by atoms with Gasteiger partial charge in [0.05, 0.1) is 5.92 Å². The molecule has 1 amide bonds. The van der Waals surface area contributed by atoms with Crippen molar-refractivity contribution in [1.82, 2.24) is 4.98 Å². The van der Waals surface area contributed by atoms with Crippen LogP contribution in [-0.2, 0) is 4.79 Å². The van der Waals surface area contributed by atoms with Gasteiger partial charge in [-0.05, 0) is 37.5 Å². The summed E-state index contributed by atoms with van der Waals surface area (Å²) in [5.74, 6) is 0.251. The molecule has 0 radical (unpaired) electrons. The van der Waals surface area contributed by atoms with Gasteiger partial charge in [-0.25, -0.2) is 4.98 Å². The third kappa shape index (κ3) is 3.53. The van der Waals surface area contributed by atoms with Crippen LogP contribution in [-0.4, -0.2) is 16.7 Å². The Morgan fingerprint density at radius 3 is 2.50 bits per heavy atom. The van der Waals surface area contributed by atoms with Gasteiger partial charge in [-0.3, -0.25) is 9.59 Å². The molecule has 1 atom stereocenters. The van der Waals surface area contributed by atoms with E-state index in [0.29, 0.717) is 11.4 Å². The van der Waals surface area contributed by atoms with E-state index >= 15 is 0 Å². The third-order valence-corrected chi connectivity index (χ3v) is 4.73. The van der Waals surface area contributed by atoms with Crippen LogP contribution < -0.4 is 5.32 Å². The van der Waals surface area contributed by atoms with Gasteiger partial charge in [0, 0.05) is 17.7 Å². The molecule has 1 saturated carbocycles. The molecule has 0 bridgehead atoms. The van der Waals surface area contributed by atoms with Crippen LogP contribution in [0.2, 0.25) is 0 Å². The normalized spacial score (nSPS) is 15.9. The zero-order valence-electron chi connectivity index (χ0n) is 13.9. The fourth-order valence-corrected chi connectivity index (χ4v) is 3.32. The minimum absolute atomic E-state index is 0.109. The third-order valence-electron chi connectivity index (χ3n) is 4.73. The molecule has 0 aliphatic heterocycles. The maximum atomic E-state index is 12.8. The quantitative estimate of drug-likeness (QED) is 0.839. The average molecular weight is 322 g/mol. The number of ketones is 1. The Labute approximate surface area is 142 Å². The number of nitrogens with one attached hydrogen (secondary N) is 1. The van der Waals surface area contributed by atoms with Gasteiger partial charge in [-0.15, -0.1) is 0 Å². The first-order valence-corrected chi connectivity index (χ1v) is 8.52. The molecular weight excluding hydrogens is 300 g/mol. The Balaban J connectivity index is 1.80. The fraction of sp³-hybridized carbons (Fsp3) is 0.350. The lowest BCUT2D eigenvalue weighted by Crippen LogP contribution is -2.22. The number of rotatable bonds is 5. The Bertz CT molecular complexity index is 721. The molecule has 1 aromatic heterocycles. The summed E-state index contributed by atoms with van der Waals surface area (Å²) in [7, 11) is 0. The molecule has 0 spiro atoms. The van der Waals surface area contributed by atoms with E-state index in [1.807, 2.05) is 37.3 Å². The summed E-state index contributed by atoms with van der Waals surface area (Å²) in [5.41, 5.74) is 1.48. The highest BCUT2D eigenvalue weighted by Gasteiger charge is 2.28. The van der Waals surface area contributed by atoms with Crippen LogP contribution in [0.15, 0.2) is 48.7 Å². The number of nitrogens with zero attached hydrogens (tertiary/aromatic N) is 1. The highest BCUT2D eigenvalue weighted by Crippen LogP contribution is 2.31. The predicted molar refractivity (Wildman–Crippen MR) is 94.0 cm³/mol. The maximum Gasteiger partial charge on any atom is 0.232 e. The van der Waals surface area contributed by atoms with Gasteiger partial charge in [-0.2, -0.15) is 0 Å². The molecule has 4 nitrogen and oxygen atoms in total. The van der Waals surface area contributed by atoms with Gasteiger partial charge in [0.1, 0.15) is 5.82 Å². The summed E-state index contributed by atoms with van der Waals surface area (Å²) in [6, 6.07) is 12.9. The Kier molecular flexibility index (Phi) is 5.04. The van der Waals surface area contributed by atoms with Crippen LogP contribution in [0.1, 0.15) is 54.4 Å². The number of pyridine rings is 1. The number of carbonyl (C=O) groups excluding carboxylic acids is 2. The number of carbonyl (C=O) groups is 2. The van der Waals surface area contributed by atoms with Gasteiger partial charge < -0.3 is 5.32 Å². The first-order chi connectivity index (χ1) is 11.7. The standard InChI is InChI=1S/C20H22N2O2/c1-14(20(24)22-18-12-6-7-13-21-18)16-10-4-5-11-17(16)19(23)15-8-2-3-9-15/h4-7,10-15H,2-3,8-9H2,1H3,(H,21,22,24). The molecule has 24 heavy (non-hydrogen) atoms. The van der Waals surface area contributed by atoms with Gasteiger partial charge in [0.15, 0.2) is 5.78 Å². The summed E-state index contributed by atoms with van der Waals surface area (Å²) in [6.07, 6.45) is 5.80. The van der Waals surface area contributed by atoms with E-state index in [1.54, 1.807) is 18.3 Å². The smallest absolute Gasteiger partial charge is 0.232 e. The summed E-state index contributed by atoms with van der Waals surface area (Å²) in [5, 5.41) is 2.81. The van der Waals surface area contributed by atoms with Gasteiger partial charge in [-0.1, -0.05) is 43.2 Å². The molecule has 1 heterocycles. The van der Waals surface area contributed by atoms with E-state index in [-0.39, 0.29) is 17.6 Å². The van der Waals surface area contributed by atoms with E-state index in [2.05, 4.69) is 10.3 Å². The number of benzene rings is 1. The molecular formula is C20H22N2O2. The highest BCUT2D eigenvalue weighted by atomic mass is 16.2. The molecule has 124 valence electrons. The second kappa shape index (κ2) is 7.39. The van der Waals surface area contributed by atoms with Crippen molar-refractivity contribution >= 4 is 17.5 Å². The van der Waals surface area contributed by atoms with Crippen LogP contribution in [0.4, 0.5) is 5.82 Å². The van der Waals surface area contributed by atoms with Crippen molar-refractivity contribution in [1.29, 1.82) is 0 Å². The fourth-order valence-electron chi connectivity index (χ4n) is 3.32. The number of hydrogen-bond acceptors (Lipinski definition) is 3. The largest absolute Gasteiger partial charge is 0.310 e. The molecule has 3 rings (SSSR count). The highest BCUT2D eigenvalue weighted by molar-refractivity contribution is 6.02. The SMILES string of the molecule is CC(C(=O)Nc1ccccn1)c1ccccc1C(=O)C1CCCC1. The summed E-state index contributed by atoms with van der Waals surface area (Å²) in [6.45, 7) is 1.83. The van der Waals surface area contributed by atoms with Crippen LogP contribution in [0.25, 0.3) is 0 Å². The zero-order chi connectivity index (χ0) is 16.9. The first-order valence-electron chi connectivity index (χ1n) is 8.52. The Hall–Kier alpha value is -2.49. The van der Waals surface area contributed by atoms with Gasteiger partial charge in [0.2, 0.25) is 5.91 Å². The average Bonchev–Trinajstić information content (AvgIpc) is 3.16. The van der Waals surface area contributed by atoms with Crippen molar-refractivity contribution in [2.45, 2.75) is 38.5 Å². The second-order valence-corrected chi connectivity index (χ2v) is 6.36. The molecule has 0 saturated heterocycles. The second-order valence-electron chi connectivity index (χ2n) is 6.36. The van der Waals surface area contributed by atoms with Gasteiger partial charge >= 0.3 is 0 Å². The predicted octanol–water partition coefficient (Wildman–Crippen LogP) is 4.20. The van der Waals surface area contributed by atoms with E-state index in [1.165, 1.54) is 0 Å². The molecule has 1 unspecified atom stereocenters. The van der Waals surface area contributed by atoms with Crippen molar-refractivity contribution in [2.24, 2.45) is 5.92 Å². The van der Waals surface area contributed by atoms with Crippen LogP contribution in [0.5, 0.6) is 0 Å². The zero-order valence-corrected chi connectivity index (χ0v) is 13.9. The summed E-state index contributed by atoms with van der Waals surface area (Å²) < 4.78 is 0.